The summed E-state index contributed by atoms with van der Waals surface area (Å²) in [6.07, 6.45) is -3.85. The monoisotopic (exact) mass is 316 g/mol. The quantitative estimate of drug-likeness (QED) is 0.665. The van der Waals surface area contributed by atoms with Crippen molar-refractivity contribution >= 4 is 17.4 Å². The Bertz CT molecular complexity index is 696. The van der Waals surface area contributed by atoms with E-state index in [9.17, 15) is 28.1 Å². The number of rotatable bonds is 4. The first-order valence-corrected chi connectivity index (χ1v) is 5.61. The molecule has 2 aromatic rings. The highest BCUT2D eigenvalue weighted by Crippen LogP contribution is 2.24. The van der Waals surface area contributed by atoms with Crippen LogP contribution in [0.25, 0.3) is 0 Å². The molecule has 0 aliphatic heterocycles. The van der Waals surface area contributed by atoms with Crippen LogP contribution in [-0.4, -0.2) is 27.4 Å². The zero-order valence-corrected chi connectivity index (χ0v) is 10.5. The van der Waals surface area contributed by atoms with Crippen molar-refractivity contribution in [1.29, 1.82) is 0 Å². The number of nitro groups is 1. The molecule has 8 nitrogen and oxygen atoms in total. The van der Waals surface area contributed by atoms with Crippen LogP contribution in [0.2, 0.25) is 0 Å². The molecule has 0 aliphatic rings. The fourth-order valence-corrected chi connectivity index (χ4v) is 1.52. The third-order valence-electron chi connectivity index (χ3n) is 2.39. The van der Waals surface area contributed by atoms with Crippen molar-refractivity contribution in [2.24, 2.45) is 0 Å². The number of nitrogens with zero attached hydrogens (tertiary/aromatic N) is 2. The fourth-order valence-electron chi connectivity index (χ4n) is 1.52. The van der Waals surface area contributed by atoms with Gasteiger partial charge in [0.2, 0.25) is 0 Å². The molecule has 116 valence electrons. The Kier molecular flexibility index (Phi) is 3.97. The van der Waals surface area contributed by atoms with E-state index in [1.807, 2.05) is 0 Å². The van der Waals surface area contributed by atoms with E-state index in [2.05, 4.69) is 20.3 Å². The van der Waals surface area contributed by atoms with Gasteiger partial charge in [0.1, 0.15) is 5.75 Å². The number of H-pyrrole nitrogens is 1. The van der Waals surface area contributed by atoms with E-state index in [1.54, 1.807) is 0 Å². The average molecular weight is 316 g/mol. The predicted molar refractivity (Wildman–Crippen MR) is 66.3 cm³/mol. The molecule has 0 saturated heterocycles. The fraction of sp³-hybridized carbons (Fsp3) is 0.0909. The van der Waals surface area contributed by atoms with Crippen molar-refractivity contribution in [2.45, 2.75) is 6.36 Å². The molecular weight excluding hydrogens is 309 g/mol. The van der Waals surface area contributed by atoms with Gasteiger partial charge in [-0.3, -0.25) is 4.79 Å². The van der Waals surface area contributed by atoms with Crippen LogP contribution < -0.4 is 10.1 Å². The minimum absolute atomic E-state index is 0.134. The van der Waals surface area contributed by atoms with Gasteiger partial charge < -0.3 is 20.2 Å². The molecule has 1 aromatic heterocycles. The molecule has 0 bridgehead atoms. The third kappa shape index (κ3) is 3.71. The van der Waals surface area contributed by atoms with Gasteiger partial charge in [0.05, 0.1) is 6.20 Å². The van der Waals surface area contributed by atoms with Crippen molar-refractivity contribution < 1.29 is 27.6 Å². The minimum Gasteiger partial charge on any atom is -0.406 e. The number of aromatic nitrogens is 2. The van der Waals surface area contributed by atoms with Crippen molar-refractivity contribution in [1.82, 2.24) is 10.2 Å². The number of hydrogen-bond donors (Lipinski definition) is 2. The highest BCUT2D eigenvalue weighted by atomic mass is 19.4. The highest BCUT2D eigenvalue weighted by Gasteiger charge is 2.31. The second-order valence-electron chi connectivity index (χ2n) is 3.92. The van der Waals surface area contributed by atoms with Gasteiger partial charge in [-0.25, -0.2) is 0 Å². The maximum Gasteiger partial charge on any atom is 0.573 e. The van der Waals surface area contributed by atoms with Crippen LogP contribution in [0.4, 0.5) is 24.7 Å². The third-order valence-corrected chi connectivity index (χ3v) is 2.39. The maximum atomic E-state index is 12.0. The Balaban J connectivity index is 2.09. The lowest BCUT2D eigenvalue weighted by Crippen LogP contribution is -2.17. The van der Waals surface area contributed by atoms with Gasteiger partial charge in [0.15, 0.2) is 5.56 Å². The molecule has 0 spiro atoms. The molecule has 2 N–H and O–H groups in total. The van der Waals surface area contributed by atoms with E-state index in [4.69, 9.17) is 0 Å². The average Bonchev–Trinajstić information content (AvgIpc) is 2.89. The summed E-state index contributed by atoms with van der Waals surface area (Å²) in [5, 5.41) is 18.4. The molecule has 0 unspecified atom stereocenters. The highest BCUT2D eigenvalue weighted by molar-refractivity contribution is 6.06. The number of alkyl halides is 3. The van der Waals surface area contributed by atoms with Crippen LogP contribution in [0.5, 0.6) is 5.75 Å². The normalized spacial score (nSPS) is 11.0. The van der Waals surface area contributed by atoms with Crippen LogP contribution in [0.3, 0.4) is 0 Å². The Morgan fingerprint density at radius 3 is 2.50 bits per heavy atom. The Labute approximate surface area is 120 Å². The molecule has 2 rings (SSSR count). The summed E-state index contributed by atoms with van der Waals surface area (Å²) in [4.78, 5) is 21.7. The standard InChI is InChI=1S/C11H7F3N4O4/c12-11(13,14)22-7-3-1-6(2-4-7)16-10(19)8-5-15-17-9(8)18(20)21/h1-5H,(H,15,17)(H,16,19). The molecule has 0 radical (unpaired) electrons. The van der Waals surface area contributed by atoms with Gasteiger partial charge in [0, 0.05) is 5.69 Å². The van der Waals surface area contributed by atoms with Gasteiger partial charge in [-0.05, 0) is 29.2 Å². The van der Waals surface area contributed by atoms with E-state index in [1.165, 1.54) is 0 Å². The molecule has 11 heteroatoms. The molecule has 0 atom stereocenters. The van der Waals surface area contributed by atoms with E-state index in [0.717, 1.165) is 30.5 Å². The second kappa shape index (κ2) is 5.71. The minimum atomic E-state index is -4.82. The summed E-state index contributed by atoms with van der Waals surface area (Å²) in [5.41, 5.74) is -0.171. The summed E-state index contributed by atoms with van der Waals surface area (Å²) >= 11 is 0. The number of carbonyl (C=O) groups excluding carboxylic acids is 1. The molecule has 1 aromatic carbocycles. The van der Waals surface area contributed by atoms with Crippen molar-refractivity contribution in [3.63, 3.8) is 0 Å². The molecule has 1 amide bonds. The van der Waals surface area contributed by atoms with Gasteiger partial charge >= 0.3 is 12.2 Å². The van der Waals surface area contributed by atoms with E-state index in [0.29, 0.717) is 0 Å². The summed E-state index contributed by atoms with van der Waals surface area (Å²) in [6.45, 7) is 0. The number of benzene rings is 1. The number of aromatic amines is 1. The summed E-state index contributed by atoms with van der Waals surface area (Å²) in [6, 6.07) is 4.30. The van der Waals surface area contributed by atoms with Crippen molar-refractivity contribution in [3.05, 3.63) is 46.1 Å². The number of nitrogens with one attached hydrogen (secondary N) is 2. The summed E-state index contributed by atoms with van der Waals surface area (Å²) < 4.78 is 39.6. The van der Waals surface area contributed by atoms with E-state index >= 15 is 0 Å². The summed E-state index contributed by atoms with van der Waals surface area (Å²) in [5.74, 6) is -1.88. The zero-order chi connectivity index (χ0) is 16.3. The topological polar surface area (TPSA) is 110 Å². The van der Waals surface area contributed by atoms with Crippen LogP contribution in [0, 0.1) is 10.1 Å². The zero-order valence-electron chi connectivity index (χ0n) is 10.5. The Morgan fingerprint density at radius 1 is 1.32 bits per heavy atom. The number of halogens is 3. The molecule has 22 heavy (non-hydrogen) atoms. The Hall–Kier alpha value is -3.11. The lowest BCUT2D eigenvalue weighted by Gasteiger charge is -2.09. The molecule has 0 saturated carbocycles. The number of anilines is 1. The van der Waals surface area contributed by atoms with Gasteiger partial charge in [-0.15, -0.1) is 18.3 Å². The lowest BCUT2D eigenvalue weighted by molar-refractivity contribution is -0.389. The first-order chi connectivity index (χ1) is 10.3. The largest absolute Gasteiger partial charge is 0.573 e. The second-order valence-corrected chi connectivity index (χ2v) is 3.92. The molecule has 0 aliphatic carbocycles. The Morgan fingerprint density at radius 2 is 1.95 bits per heavy atom. The maximum absolute atomic E-state index is 12.0. The molecule has 0 fully saturated rings. The SMILES string of the molecule is O=C(Nc1ccc(OC(F)(F)F)cc1)c1cn[nH]c1[N+](=O)[O-]. The number of carbonyl (C=O) groups is 1. The molecule has 1 heterocycles. The van der Waals surface area contributed by atoms with E-state index in [-0.39, 0.29) is 11.3 Å². The lowest BCUT2D eigenvalue weighted by atomic mass is 10.2. The first-order valence-electron chi connectivity index (χ1n) is 5.61. The van der Waals surface area contributed by atoms with Gasteiger partial charge in [0.25, 0.3) is 5.91 Å². The van der Waals surface area contributed by atoms with E-state index < -0.39 is 28.8 Å². The first kappa shape index (κ1) is 15.3. The van der Waals surface area contributed by atoms with Crippen LogP contribution in [0.1, 0.15) is 10.4 Å². The number of ether oxygens (including phenoxy) is 1. The van der Waals surface area contributed by atoms with Gasteiger partial charge in [-0.1, -0.05) is 5.10 Å². The van der Waals surface area contributed by atoms with Crippen molar-refractivity contribution in [2.75, 3.05) is 5.32 Å². The number of hydrogen-bond acceptors (Lipinski definition) is 5. The van der Waals surface area contributed by atoms with Crippen LogP contribution >= 0.6 is 0 Å². The smallest absolute Gasteiger partial charge is 0.406 e. The van der Waals surface area contributed by atoms with Crippen LogP contribution in [0.15, 0.2) is 30.5 Å². The predicted octanol–water partition coefficient (Wildman–Crippen LogP) is 2.47. The summed E-state index contributed by atoms with van der Waals surface area (Å²) in [7, 11) is 0. The van der Waals surface area contributed by atoms with Gasteiger partial charge in [-0.2, -0.15) is 0 Å². The molecular formula is C11H7F3N4O4. The number of amides is 1. The van der Waals surface area contributed by atoms with Crippen molar-refractivity contribution in [3.8, 4) is 5.75 Å². The van der Waals surface area contributed by atoms with Crippen LogP contribution in [-0.2, 0) is 0 Å².